The second-order valence-electron chi connectivity index (χ2n) is 3.49. The lowest BCUT2D eigenvalue weighted by Crippen LogP contribution is -2.25. The first-order valence-electron chi connectivity index (χ1n) is 5.65. The van der Waals surface area contributed by atoms with E-state index in [0.29, 0.717) is 6.61 Å². The van der Waals surface area contributed by atoms with Gasteiger partial charge >= 0.3 is 0 Å². The van der Waals surface area contributed by atoms with Crippen molar-refractivity contribution in [3.05, 3.63) is 10.2 Å². The van der Waals surface area contributed by atoms with E-state index >= 15 is 0 Å². The summed E-state index contributed by atoms with van der Waals surface area (Å²) < 4.78 is 6.00. The van der Waals surface area contributed by atoms with E-state index in [2.05, 4.69) is 50.0 Å². The third-order valence-corrected chi connectivity index (χ3v) is 3.31. The van der Waals surface area contributed by atoms with Crippen LogP contribution in [-0.4, -0.2) is 37.2 Å². The van der Waals surface area contributed by atoms with Crippen molar-refractivity contribution in [1.29, 1.82) is 0 Å². The molecule has 0 aromatic carbocycles. The maximum absolute atomic E-state index is 5.14. The van der Waals surface area contributed by atoms with Crippen LogP contribution in [0.5, 0.6) is 0 Å². The highest BCUT2D eigenvalue weighted by atomic mass is 79.9. The Balaban J connectivity index is 3.18. The van der Waals surface area contributed by atoms with Crippen molar-refractivity contribution >= 4 is 27.7 Å². The van der Waals surface area contributed by atoms with Crippen molar-refractivity contribution < 1.29 is 4.74 Å². The van der Waals surface area contributed by atoms with Gasteiger partial charge in [0.05, 0.1) is 16.8 Å². The topological polar surface area (TPSA) is 50.3 Å². The average molecular weight is 303 g/mol. The van der Waals surface area contributed by atoms with Crippen LogP contribution in [0.3, 0.4) is 0 Å². The monoisotopic (exact) mass is 302 g/mol. The van der Waals surface area contributed by atoms with Crippen LogP contribution in [0.25, 0.3) is 0 Å². The molecule has 17 heavy (non-hydrogen) atoms. The minimum atomic E-state index is 0.464. The average Bonchev–Trinajstić information content (AvgIpc) is 2.34. The minimum Gasteiger partial charge on any atom is -0.378 e. The van der Waals surface area contributed by atoms with Crippen LogP contribution >= 0.6 is 15.9 Å². The molecule has 1 heterocycles. The molecule has 1 rings (SSSR count). The maximum Gasteiger partial charge on any atom is 0.227 e. The van der Waals surface area contributed by atoms with Gasteiger partial charge in [-0.2, -0.15) is 4.98 Å². The lowest BCUT2D eigenvalue weighted by Gasteiger charge is -2.20. The third kappa shape index (κ3) is 3.29. The molecule has 0 unspecified atom stereocenters. The molecule has 0 amide bonds. The summed E-state index contributed by atoms with van der Waals surface area (Å²) in [6.45, 7) is 6.40. The predicted molar refractivity (Wildman–Crippen MR) is 73.6 cm³/mol. The quantitative estimate of drug-likeness (QED) is 0.873. The number of hydrogen-bond acceptors (Lipinski definition) is 5. The smallest absolute Gasteiger partial charge is 0.227 e. The van der Waals surface area contributed by atoms with E-state index in [1.54, 1.807) is 7.11 Å². The Morgan fingerprint density at radius 2 is 1.94 bits per heavy atom. The molecule has 0 saturated carbocycles. The molecule has 96 valence electrons. The van der Waals surface area contributed by atoms with Crippen LogP contribution in [0, 0.1) is 0 Å². The fraction of sp³-hybridized carbons (Fsp3) is 0.636. The van der Waals surface area contributed by atoms with E-state index in [1.807, 2.05) is 7.05 Å². The van der Waals surface area contributed by atoms with E-state index in [-0.39, 0.29) is 0 Å². The first-order valence-corrected chi connectivity index (χ1v) is 6.45. The molecular formula is C11H19BrN4O. The van der Waals surface area contributed by atoms with Gasteiger partial charge in [0.2, 0.25) is 5.95 Å². The van der Waals surface area contributed by atoms with Gasteiger partial charge in [-0.25, -0.2) is 4.98 Å². The first-order chi connectivity index (χ1) is 8.17. The summed E-state index contributed by atoms with van der Waals surface area (Å²) in [6, 6.07) is 0. The standard InChI is InChI=1S/C11H19BrN4O/c1-5-16(6-2)11-14-8(7-17-4)9(12)10(13-3)15-11/h5-7H2,1-4H3,(H,13,14,15). The van der Waals surface area contributed by atoms with Gasteiger partial charge in [0.1, 0.15) is 5.82 Å². The molecule has 0 aliphatic rings. The zero-order valence-corrected chi connectivity index (χ0v) is 12.3. The molecule has 6 heteroatoms. The van der Waals surface area contributed by atoms with Crippen LogP contribution in [-0.2, 0) is 11.3 Å². The number of aromatic nitrogens is 2. The maximum atomic E-state index is 5.14. The Bertz CT molecular complexity index is 369. The molecule has 0 bridgehead atoms. The van der Waals surface area contributed by atoms with Crippen molar-refractivity contribution in [3.63, 3.8) is 0 Å². The number of hydrogen-bond donors (Lipinski definition) is 1. The molecule has 0 aliphatic carbocycles. The SMILES string of the molecule is CCN(CC)c1nc(COC)c(Br)c(NC)n1. The number of methoxy groups -OCH3 is 1. The lowest BCUT2D eigenvalue weighted by molar-refractivity contribution is 0.181. The highest BCUT2D eigenvalue weighted by molar-refractivity contribution is 9.10. The third-order valence-electron chi connectivity index (χ3n) is 2.47. The fourth-order valence-electron chi connectivity index (χ4n) is 1.53. The molecule has 0 atom stereocenters. The van der Waals surface area contributed by atoms with Crippen LogP contribution in [0.4, 0.5) is 11.8 Å². The molecule has 1 aromatic rings. The van der Waals surface area contributed by atoms with Crippen molar-refractivity contribution in [2.75, 3.05) is 37.5 Å². The summed E-state index contributed by atoms with van der Waals surface area (Å²) in [5.74, 6) is 1.52. The van der Waals surface area contributed by atoms with Crippen LogP contribution in [0.2, 0.25) is 0 Å². The van der Waals surface area contributed by atoms with Crippen molar-refractivity contribution in [3.8, 4) is 0 Å². The van der Waals surface area contributed by atoms with E-state index in [4.69, 9.17) is 4.74 Å². The highest BCUT2D eigenvalue weighted by Gasteiger charge is 2.14. The summed E-state index contributed by atoms with van der Waals surface area (Å²) in [4.78, 5) is 11.1. The van der Waals surface area contributed by atoms with Crippen molar-refractivity contribution in [2.24, 2.45) is 0 Å². The summed E-state index contributed by atoms with van der Waals surface area (Å²) in [5, 5.41) is 3.06. The number of halogens is 1. The Labute approximate surface area is 111 Å². The van der Waals surface area contributed by atoms with Gasteiger partial charge in [-0.3, -0.25) is 0 Å². The fourth-order valence-corrected chi connectivity index (χ4v) is 2.02. The number of nitrogens with one attached hydrogen (secondary N) is 1. The molecule has 0 fully saturated rings. The van der Waals surface area contributed by atoms with Gasteiger partial charge in [0.15, 0.2) is 0 Å². The summed E-state index contributed by atoms with van der Waals surface area (Å²) in [6.07, 6.45) is 0. The Morgan fingerprint density at radius 1 is 1.29 bits per heavy atom. The summed E-state index contributed by atoms with van der Waals surface area (Å²) in [5.41, 5.74) is 0.855. The number of nitrogens with zero attached hydrogens (tertiary/aromatic N) is 3. The van der Waals surface area contributed by atoms with Gasteiger partial charge in [-0.1, -0.05) is 0 Å². The van der Waals surface area contributed by atoms with Crippen molar-refractivity contribution in [1.82, 2.24) is 9.97 Å². The Kier molecular flexibility index (Phi) is 5.64. The van der Waals surface area contributed by atoms with Gasteiger partial charge in [-0.15, -0.1) is 0 Å². The summed E-state index contributed by atoms with van der Waals surface area (Å²) in [7, 11) is 3.50. The van der Waals surface area contributed by atoms with E-state index < -0.39 is 0 Å². The molecule has 1 aromatic heterocycles. The largest absolute Gasteiger partial charge is 0.378 e. The predicted octanol–water partition coefficient (Wildman–Crippen LogP) is 2.27. The zero-order chi connectivity index (χ0) is 12.8. The minimum absolute atomic E-state index is 0.464. The summed E-state index contributed by atoms with van der Waals surface area (Å²) >= 11 is 3.48. The molecular weight excluding hydrogens is 284 g/mol. The van der Waals surface area contributed by atoms with E-state index in [0.717, 1.165) is 35.0 Å². The van der Waals surface area contributed by atoms with Crippen LogP contribution in [0.15, 0.2) is 4.47 Å². The van der Waals surface area contributed by atoms with Crippen LogP contribution in [0.1, 0.15) is 19.5 Å². The van der Waals surface area contributed by atoms with Crippen LogP contribution < -0.4 is 10.2 Å². The van der Waals surface area contributed by atoms with E-state index in [9.17, 15) is 0 Å². The Hall–Kier alpha value is -0.880. The molecule has 0 saturated heterocycles. The van der Waals surface area contributed by atoms with Gasteiger partial charge < -0.3 is 15.0 Å². The van der Waals surface area contributed by atoms with E-state index in [1.165, 1.54) is 0 Å². The van der Waals surface area contributed by atoms with Gasteiger partial charge in [-0.05, 0) is 29.8 Å². The molecule has 1 N–H and O–H groups in total. The number of ether oxygens (including phenoxy) is 1. The molecule has 5 nitrogen and oxygen atoms in total. The highest BCUT2D eigenvalue weighted by Crippen LogP contribution is 2.26. The molecule has 0 aliphatic heterocycles. The van der Waals surface area contributed by atoms with Gasteiger partial charge in [0.25, 0.3) is 0 Å². The zero-order valence-electron chi connectivity index (χ0n) is 10.7. The lowest BCUT2D eigenvalue weighted by atomic mass is 10.4. The molecule has 0 spiro atoms. The second-order valence-corrected chi connectivity index (χ2v) is 4.28. The number of rotatable bonds is 6. The number of anilines is 2. The second kappa shape index (κ2) is 6.76. The first kappa shape index (κ1) is 14.2. The van der Waals surface area contributed by atoms with Gasteiger partial charge in [0, 0.05) is 27.2 Å². The van der Waals surface area contributed by atoms with Crippen molar-refractivity contribution in [2.45, 2.75) is 20.5 Å². The molecule has 0 radical (unpaired) electrons. The normalized spacial score (nSPS) is 10.4. The Morgan fingerprint density at radius 3 is 2.41 bits per heavy atom.